The van der Waals surface area contributed by atoms with Crippen LogP contribution in [0.5, 0.6) is 0 Å². The summed E-state index contributed by atoms with van der Waals surface area (Å²) in [5.41, 5.74) is 0. The van der Waals surface area contributed by atoms with Gasteiger partial charge in [-0.25, -0.2) is 0 Å². The molecule has 0 rings (SSSR count). The van der Waals surface area contributed by atoms with Crippen molar-refractivity contribution in [2.75, 3.05) is 6.61 Å². The quantitative estimate of drug-likeness (QED) is 0.0245. The Morgan fingerprint density at radius 2 is 0.968 bits per heavy atom. The minimum absolute atomic E-state index is 0.0185. The van der Waals surface area contributed by atoms with Gasteiger partial charge in [0.2, 0.25) is 5.91 Å². The summed E-state index contributed by atoms with van der Waals surface area (Å²) in [5.74, 6) is -0.582. The lowest BCUT2D eigenvalue weighted by atomic mass is 10.0. The van der Waals surface area contributed by atoms with Crippen molar-refractivity contribution in [2.45, 2.75) is 238 Å². The first-order valence-corrected chi connectivity index (χ1v) is 25.5. The van der Waals surface area contributed by atoms with E-state index in [0.29, 0.717) is 19.3 Å². The lowest BCUT2D eigenvalue weighted by Crippen LogP contribution is -2.46. The fourth-order valence-corrected chi connectivity index (χ4v) is 7.20. The second kappa shape index (κ2) is 48.8. The average Bonchev–Trinajstić information content (AvgIpc) is 3.26. The van der Waals surface area contributed by atoms with Crippen LogP contribution in [0.1, 0.15) is 220 Å². The molecule has 0 aliphatic carbocycles. The topological polar surface area (TPSA) is 95.9 Å². The third-order valence-corrected chi connectivity index (χ3v) is 11.0. The van der Waals surface area contributed by atoms with Crippen LogP contribution in [-0.4, -0.2) is 46.9 Å². The first kappa shape index (κ1) is 58.8. The van der Waals surface area contributed by atoms with E-state index in [1.807, 2.05) is 30.4 Å². The van der Waals surface area contributed by atoms with E-state index < -0.39 is 18.2 Å². The number of carbonyl (C=O) groups is 2. The van der Waals surface area contributed by atoms with Crippen molar-refractivity contribution >= 4 is 11.9 Å². The summed E-state index contributed by atoms with van der Waals surface area (Å²) in [4.78, 5) is 26.1. The van der Waals surface area contributed by atoms with Gasteiger partial charge in [0.1, 0.15) is 6.10 Å². The average molecular weight is 862 g/mol. The van der Waals surface area contributed by atoms with Crippen molar-refractivity contribution in [3.05, 3.63) is 97.2 Å². The number of carbonyl (C=O) groups excluding carboxylic acids is 2. The maximum atomic E-state index is 13.2. The number of aliphatic hydroxyl groups is 2. The maximum absolute atomic E-state index is 13.2. The Labute approximate surface area is 382 Å². The molecule has 0 fully saturated rings. The van der Waals surface area contributed by atoms with Crippen LogP contribution in [-0.2, 0) is 14.3 Å². The van der Waals surface area contributed by atoms with E-state index in [2.05, 4.69) is 92.9 Å². The highest BCUT2D eigenvalue weighted by atomic mass is 16.5. The van der Waals surface area contributed by atoms with E-state index in [9.17, 15) is 19.8 Å². The molecule has 3 unspecified atom stereocenters. The second-order valence-electron chi connectivity index (χ2n) is 16.9. The minimum atomic E-state index is -0.814. The van der Waals surface area contributed by atoms with Gasteiger partial charge in [-0.1, -0.05) is 227 Å². The normalized spacial score (nSPS) is 14.1. The predicted octanol–water partition coefficient (Wildman–Crippen LogP) is 15.3. The molecule has 0 spiro atoms. The number of unbranched alkanes of at least 4 members (excludes halogenated alkanes) is 19. The Morgan fingerprint density at radius 1 is 0.500 bits per heavy atom. The second-order valence-corrected chi connectivity index (χ2v) is 16.9. The molecule has 3 N–H and O–H groups in total. The Hall–Kier alpha value is -3.22. The minimum Gasteiger partial charge on any atom is -0.462 e. The van der Waals surface area contributed by atoms with E-state index in [0.717, 1.165) is 89.9 Å². The number of amides is 1. The Kier molecular flexibility index (Phi) is 46.3. The van der Waals surface area contributed by atoms with Gasteiger partial charge in [0.25, 0.3) is 0 Å². The van der Waals surface area contributed by atoms with Crippen LogP contribution >= 0.6 is 0 Å². The molecular weight excluding hydrogens is 767 g/mol. The number of allylic oxidation sites excluding steroid dienone is 16. The molecule has 0 radical (unpaired) electrons. The standard InChI is InChI=1S/C56H95NO5/c1-4-7-10-13-16-19-22-25-27-28-31-33-36-39-42-45-48-54(59)53(51-58)57-55(60)50-52(47-44-41-38-35-32-30-26-23-20-17-14-11-8-5-2)62-56(61)49-46-43-40-37-34-29-24-21-18-15-12-9-6-3/h8-9,11-12,15,17-18,20-21,24,26,29-30,34-35,38,52-54,58-59H,4-7,10,13-14,16,19,22-23,25,27-28,31-33,36-37,39-51H2,1-3H3,(H,57,60)/b11-8+,12-9+,18-15+,20-17+,24-21-,30-26+,34-29-,38-35+. The lowest BCUT2D eigenvalue weighted by molar-refractivity contribution is -0.151. The first-order valence-electron chi connectivity index (χ1n) is 25.5. The fraction of sp³-hybridized carbons (Fsp3) is 0.679. The van der Waals surface area contributed by atoms with Gasteiger partial charge in [-0.3, -0.25) is 9.59 Å². The Bertz CT molecular complexity index is 1240. The third kappa shape index (κ3) is 43.4. The summed E-state index contributed by atoms with van der Waals surface area (Å²) in [6, 6.07) is -0.733. The number of hydrogen-bond acceptors (Lipinski definition) is 5. The summed E-state index contributed by atoms with van der Waals surface area (Å²) in [7, 11) is 0. The SMILES string of the molecule is CC/C=C/C=C/C=C\C=C/CCCCCC(=O)OC(CCC/C=C/C/C=C/C/C=C/C/C=C/CC)CC(=O)NC(CO)C(O)CCCCCCCCCCCCCCCCCC. The van der Waals surface area contributed by atoms with Gasteiger partial charge in [0, 0.05) is 6.42 Å². The molecule has 0 bridgehead atoms. The molecule has 6 nitrogen and oxygen atoms in total. The van der Waals surface area contributed by atoms with E-state index in [4.69, 9.17) is 4.74 Å². The van der Waals surface area contributed by atoms with Gasteiger partial charge < -0.3 is 20.3 Å². The molecule has 0 aromatic heterocycles. The predicted molar refractivity (Wildman–Crippen MR) is 268 cm³/mol. The Morgan fingerprint density at radius 3 is 1.52 bits per heavy atom. The smallest absolute Gasteiger partial charge is 0.306 e. The molecule has 0 saturated heterocycles. The molecule has 0 saturated carbocycles. The molecule has 354 valence electrons. The largest absolute Gasteiger partial charge is 0.462 e. The summed E-state index contributed by atoms with van der Waals surface area (Å²) >= 11 is 0. The van der Waals surface area contributed by atoms with E-state index >= 15 is 0 Å². The molecule has 0 aliphatic rings. The number of esters is 1. The van der Waals surface area contributed by atoms with Crippen LogP contribution in [0.3, 0.4) is 0 Å². The van der Waals surface area contributed by atoms with Crippen LogP contribution in [0.25, 0.3) is 0 Å². The lowest BCUT2D eigenvalue weighted by Gasteiger charge is -2.24. The van der Waals surface area contributed by atoms with Gasteiger partial charge >= 0.3 is 5.97 Å². The van der Waals surface area contributed by atoms with Crippen molar-refractivity contribution in [2.24, 2.45) is 0 Å². The molecule has 3 atom stereocenters. The van der Waals surface area contributed by atoms with Crippen LogP contribution in [0.15, 0.2) is 97.2 Å². The zero-order chi connectivity index (χ0) is 45.2. The summed E-state index contributed by atoms with van der Waals surface area (Å²) < 4.78 is 5.88. The monoisotopic (exact) mass is 862 g/mol. The van der Waals surface area contributed by atoms with E-state index in [1.54, 1.807) is 0 Å². The summed E-state index contributed by atoms with van der Waals surface area (Å²) in [6.45, 7) is 6.20. The summed E-state index contributed by atoms with van der Waals surface area (Å²) in [6.07, 6.45) is 64.7. The van der Waals surface area contributed by atoms with E-state index in [1.165, 1.54) is 83.5 Å². The highest BCUT2D eigenvalue weighted by Gasteiger charge is 2.24. The van der Waals surface area contributed by atoms with Crippen LogP contribution in [0.4, 0.5) is 0 Å². The van der Waals surface area contributed by atoms with Gasteiger partial charge in [-0.2, -0.15) is 0 Å². The maximum Gasteiger partial charge on any atom is 0.306 e. The van der Waals surface area contributed by atoms with Crippen molar-refractivity contribution in [1.29, 1.82) is 0 Å². The van der Waals surface area contributed by atoms with Crippen LogP contribution in [0, 0.1) is 0 Å². The molecule has 62 heavy (non-hydrogen) atoms. The molecule has 0 aromatic carbocycles. The zero-order valence-electron chi connectivity index (χ0n) is 40.2. The van der Waals surface area contributed by atoms with Crippen molar-refractivity contribution in [3.8, 4) is 0 Å². The first-order chi connectivity index (χ1) is 30.5. The number of aliphatic hydroxyl groups excluding tert-OH is 2. The van der Waals surface area contributed by atoms with Crippen molar-refractivity contribution in [3.63, 3.8) is 0 Å². The van der Waals surface area contributed by atoms with Gasteiger partial charge in [-0.15, -0.1) is 0 Å². The van der Waals surface area contributed by atoms with Gasteiger partial charge in [0.15, 0.2) is 0 Å². The van der Waals surface area contributed by atoms with Gasteiger partial charge in [0.05, 0.1) is 25.2 Å². The highest BCUT2D eigenvalue weighted by Crippen LogP contribution is 2.17. The number of ether oxygens (including phenoxy) is 1. The van der Waals surface area contributed by atoms with Gasteiger partial charge in [-0.05, 0) is 77.0 Å². The molecule has 0 aliphatic heterocycles. The van der Waals surface area contributed by atoms with Crippen LogP contribution in [0.2, 0.25) is 0 Å². The van der Waals surface area contributed by atoms with Crippen molar-refractivity contribution < 1.29 is 24.5 Å². The number of hydrogen-bond donors (Lipinski definition) is 3. The van der Waals surface area contributed by atoms with Crippen LogP contribution < -0.4 is 5.32 Å². The molecule has 0 aromatic rings. The van der Waals surface area contributed by atoms with Crippen molar-refractivity contribution in [1.82, 2.24) is 5.32 Å². The summed E-state index contributed by atoms with van der Waals surface area (Å²) in [5, 5.41) is 23.8. The molecular formula is C56H95NO5. The van der Waals surface area contributed by atoms with E-state index in [-0.39, 0.29) is 24.9 Å². The molecule has 6 heteroatoms. The number of nitrogens with one attached hydrogen (secondary N) is 1. The Balaban J connectivity index is 4.69. The fourth-order valence-electron chi connectivity index (χ4n) is 7.20. The molecule has 1 amide bonds. The number of rotatable bonds is 44. The third-order valence-electron chi connectivity index (χ3n) is 11.0. The zero-order valence-corrected chi connectivity index (χ0v) is 40.2. The highest BCUT2D eigenvalue weighted by molar-refractivity contribution is 5.77. The molecule has 0 heterocycles.